The molecule has 0 amide bonds. The standard InChI is InChI=1S/C11H18N4O/c1-9(2)4-5-10-13-11(16-14-10)8-15(3)7-6-12/h9H,4-5,7-8H2,1-3H3. The molecule has 0 fully saturated rings. The Morgan fingerprint density at radius 1 is 1.50 bits per heavy atom. The van der Waals surface area contributed by atoms with Crippen LogP contribution in [0.25, 0.3) is 0 Å². The number of hydrogen-bond donors (Lipinski definition) is 0. The van der Waals surface area contributed by atoms with Crippen LogP contribution in [0.1, 0.15) is 32.0 Å². The molecule has 0 saturated heterocycles. The van der Waals surface area contributed by atoms with E-state index in [9.17, 15) is 0 Å². The highest BCUT2D eigenvalue weighted by Crippen LogP contribution is 2.07. The first-order chi connectivity index (χ1) is 7.61. The second-order valence-corrected chi connectivity index (χ2v) is 4.37. The molecule has 5 heteroatoms. The van der Waals surface area contributed by atoms with Crippen molar-refractivity contribution in [2.24, 2.45) is 5.92 Å². The van der Waals surface area contributed by atoms with E-state index in [0.29, 0.717) is 24.9 Å². The van der Waals surface area contributed by atoms with Crippen molar-refractivity contribution in [1.29, 1.82) is 5.26 Å². The molecule has 1 heterocycles. The Labute approximate surface area is 96.1 Å². The number of aromatic nitrogens is 2. The summed E-state index contributed by atoms with van der Waals surface area (Å²) in [7, 11) is 1.85. The highest BCUT2D eigenvalue weighted by molar-refractivity contribution is 4.87. The summed E-state index contributed by atoms with van der Waals surface area (Å²) in [6.07, 6.45) is 1.91. The van der Waals surface area contributed by atoms with Crippen molar-refractivity contribution in [3.8, 4) is 6.07 Å². The smallest absolute Gasteiger partial charge is 0.240 e. The zero-order chi connectivity index (χ0) is 12.0. The summed E-state index contributed by atoms with van der Waals surface area (Å²) < 4.78 is 5.10. The van der Waals surface area contributed by atoms with E-state index in [-0.39, 0.29) is 0 Å². The maximum Gasteiger partial charge on any atom is 0.240 e. The molecule has 1 aromatic heterocycles. The summed E-state index contributed by atoms with van der Waals surface area (Å²) in [5.41, 5.74) is 0. The van der Waals surface area contributed by atoms with Crippen LogP contribution < -0.4 is 0 Å². The quantitative estimate of drug-likeness (QED) is 0.684. The van der Waals surface area contributed by atoms with Crippen LogP contribution in [0.5, 0.6) is 0 Å². The van der Waals surface area contributed by atoms with Gasteiger partial charge in [0.1, 0.15) is 0 Å². The SMILES string of the molecule is CC(C)CCc1noc(CN(C)CC#N)n1. The zero-order valence-corrected chi connectivity index (χ0v) is 10.1. The van der Waals surface area contributed by atoms with E-state index in [1.165, 1.54) is 0 Å². The second-order valence-electron chi connectivity index (χ2n) is 4.37. The molecule has 0 aliphatic heterocycles. The molecular weight excluding hydrogens is 204 g/mol. The van der Waals surface area contributed by atoms with Crippen LogP contribution >= 0.6 is 0 Å². The van der Waals surface area contributed by atoms with E-state index >= 15 is 0 Å². The third-order valence-electron chi connectivity index (χ3n) is 2.20. The fraction of sp³-hybridized carbons (Fsp3) is 0.727. The lowest BCUT2D eigenvalue weighted by molar-refractivity contribution is 0.286. The van der Waals surface area contributed by atoms with Gasteiger partial charge in [-0.25, -0.2) is 0 Å². The van der Waals surface area contributed by atoms with Gasteiger partial charge in [-0.2, -0.15) is 10.2 Å². The second kappa shape index (κ2) is 6.23. The fourth-order valence-electron chi connectivity index (χ4n) is 1.28. The number of nitrogens with zero attached hydrogens (tertiary/aromatic N) is 4. The van der Waals surface area contributed by atoms with E-state index in [0.717, 1.165) is 18.7 Å². The first-order valence-electron chi connectivity index (χ1n) is 5.48. The molecule has 0 saturated carbocycles. The maximum absolute atomic E-state index is 8.51. The Morgan fingerprint density at radius 2 is 2.25 bits per heavy atom. The molecule has 88 valence electrons. The van der Waals surface area contributed by atoms with Crippen LogP contribution in [0.3, 0.4) is 0 Å². The van der Waals surface area contributed by atoms with Gasteiger partial charge >= 0.3 is 0 Å². The van der Waals surface area contributed by atoms with Gasteiger partial charge in [0.25, 0.3) is 0 Å². The summed E-state index contributed by atoms with van der Waals surface area (Å²) in [4.78, 5) is 6.11. The van der Waals surface area contributed by atoms with Crippen LogP contribution in [0, 0.1) is 17.2 Å². The van der Waals surface area contributed by atoms with Crippen molar-refractivity contribution in [3.05, 3.63) is 11.7 Å². The molecule has 5 nitrogen and oxygen atoms in total. The van der Waals surface area contributed by atoms with E-state index in [2.05, 4.69) is 30.1 Å². The van der Waals surface area contributed by atoms with Crippen molar-refractivity contribution in [2.45, 2.75) is 33.2 Å². The predicted molar refractivity (Wildman–Crippen MR) is 59.4 cm³/mol. The third-order valence-corrected chi connectivity index (χ3v) is 2.20. The minimum absolute atomic E-state index is 0.365. The molecule has 0 aromatic carbocycles. The molecule has 16 heavy (non-hydrogen) atoms. The largest absolute Gasteiger partial charge is 0.338 e. The monoisotopic (exact) mass is 222 g/mol. The van der Waals surface area contributed by atoms with Crippen molar-refractivity contribution >= 4 is 0 Å². The van der Waals surface area contributed by atoms with Crippen LogP contribution in [-0.2, 0) is 13.0 Å². The van der Waals surface area contributed by atoms with Gasteiger partial charge in [-0.1, -0.05) is 19.0 Å². The topological polar surface area (TPSA) is 66.0 Å². The molecule has 0 aliphatic rings. The Morgan fingerprint density at radius 3 is 2.88 bits per heavy atom. The molecular formula is C11H18N4O. The lowest BCUT2D eigenvalue weighted by Gasteiger charge is -2.07. The average molecular weight is 222 g/mol. The van der Waals surface area contributed by atoms with Crippen molar-refractivity contribution in [2.75, 3.05) is 13.6 Å². The van der Waals surface area contributed by atoms with Crippen molar-refractivity contribution < 1.29 is 4.52 Å². The number of hydrogen-bond acceptors (Lipinski definition) is 5. The van der Waals surface area contributed by atoms with Gasteiger partial charge in [0, 0.05) is 6.42 Å². The highest BCUT2D eigenvalue weighted by atomic mass is 16.5. The Hall–Kier alpha value is -1.41. The molecule has 0 aliphatic carbocycles. The summed E-state index contributed by atoms with van der Waals surface area (Å²) in [6.45, 7) is 5.23. The van der Waals surface area contributed by atoms with E-state index in [4.69, 9.17) is 9.78 Å². The lowest BCUT2D eigenvalue weighted by Crippen LogP contribution is -2.17. The van der Waals surface area contributed by atoms with Gasteiger partial charge in [-0.3, -0.25) is 4.90 Å². The summed E-state index contributed by atoms with van der Waals surface area (Å²) in [5.74, 6) is 1.98. The number of rotatable bonds is 6. The molecule has 1 rings (SSSR count). The van der Waals surface area contributed by atoms with Crippen molar-refractivity contribution in [1.82, 2.24) is 15.0 Å². The summed E-state index contributed by atoms with van der Waals surface area (Å²) in [6, 6.07) is 2.07. The lowest BCUT2D eigenvalue weighted by atomic mass is 10.1. The maximum atomic E-state index is 8.51. The molecule has 0 spiro atoms. The minimum Gasteiger partial charge on any atom is -0.338 e. The molecule has 0 atom stereocenters. The van der Waals surface area contributed by atoms with Crippen LogP contribution in [0.15, 0.2) is 4.52 Å². The van der Waals surface area contributed by atoms with Crippen molar-refractivity contribution in [3.63, 3.8) is 0 Å². The molecule has 0 bridgehead atoms. The van der Waals surface area contributed by atoms with Crippen LogP contribution in [-0.4, -0.2) is 28.6 Å². The van der Waals surface area contributed by atoms with E-state index < -0.39 is 0 Å². The minimum atomic E-state index is 0.365. The zero-order valence-electron chi connectivity index (χ0n) is 10.1. The molecule has 1 aromatic rings. The van der Waals surface area contributed by atoms with E-state index in [1.807, 2.05) is 11.9 Å². The average Bonchev–Trinajstić information content (AvgIpc) is 2.63. The number of aryl methyl sites for hydroxylation is 1. The third kappa shape index (κ3) is 4.41. The number of nitriles is 1. The van der Waals surface area contributed by atoms with Gasteiger partial charge in [-0.15, -0.1) is 0 Å². The van der Waals surface area contributed by atoms with Gasteiger partial charge in [0.2, 0.25) is 5.89 Å². The Balaban J connectivity index is 2.42. The fourth-order valence-corrected chi connectivity index (χ4v) is 1.28. The van der Waals surface area contributed by atoms with Gasteiger partial charge < -0.3 is 4.52 Å². The Kier molecular flexibility index (Phi) is 4.93. The van der Waals surface area contributed by atoms with Crippen LogP contribution in [0.2, 0.25) is 0 Å². The van der Waals surface area contributed by atoms with Gasteiger partial charge in [0.15, 0.2) is 5.82 Å². The highest BCUT2D eigenvalue weighted by Gasteiger charge is 2.09. The van der Waals surface area contributed by atoms with Crippen LogP contribution in [0.4, 0.5) is 0 Å². The Bertz CT molecular complexity index is 353. The molecule has 0 N–H and O–H groups in total. The van der Waals surface area contributed by atoms with E-state index in [1.54, 1.807) is 0 Å². The molecule has 0 radical (unpaired) electrons. The summed E-state index contributed by atoms with van der Waals surface area (Å²) >= 11 is 0. The normalized spacial score (nSPS) is 11.0. The molecule has 0 unspecified atom stereocenters. The van der Waals surface area contributed by atoms with Gasteiger partial charge in [0.05, 0.1) is 19.2 Å². The van der Waals surface area contributed by atoms with Gasteiger partial charge in [-0.05, 0) is 19.4 Å². The first kappa shape index (κ1) is 12.7. The summed E-state index contributed by atoms with van der Waals surface area (Å²) in [5, 5.41) is 12.4. The predicted octanol–water partition coefficient (Wildman–Crippen LogP) is 1.61. The first-order valence-corrected chi connectivity index (χ1v) is 5.48.